The summed E-state index contributed by atoms with van der Waals surface area (Å²) in [5.41, 5.74) is -0.121. The summed E-state index contributed by atoms with van der Waals surface area (Å²) in [5, 5.41) is 8.86. The Labute approximate surface area is 122 Å². The van der Waals surface area contributed by atoms with E-state index in [1.807, 2.05) is 0 Å². The van der Waals surface area contributed by atoms with Gasteiger partial charge in [-0.1, -0.05) is 0 Å². The van der Waals surface area contributed by atoms with Crippen LogP contribution in [0.4, 0.5) is 23.2 Å². The molecule has 0 radical (unpaired) electrons. The van der Waals surface area contributed by atoms with Gasteiger partial charge in [-0.25, -0.2) is 9.18 Å². The van der Waals surface area contributed by atoms with Crippen LogP contribution in [0.5, 0.6) is 0 Å². The molecule has 1 aliphatic heterocycles. The maximum Gasteiger partial charge on any atom is 0.471 e. The lowest BCUT2D eigenvalue weighted by molar-refractivity contribution is -0.185. The van der Waals surface area contributed by atoms with Gasteiger partial charge in [-0.05, 0) is 18.2 Å². The van der Waals surface area contributed by atoms with Gasteiger partial charge in [-0.2, -0.15) is 13.2 Å². The summed E-state index contributed by atoms with van der Waals surface area (Å²) in [6.45, 7) is -0.0741. The Bertz CT molecular complexity index is 595. The van der Waals surface area contributed by atoms with Crippen molar-refractivity contribution in [3.8, 4) is 0 Å². The first-order valence-corrected chi connectivity index (χ1v) is 6.34. The quantitative estimate of drug-likeness (QED) is 0.843. The van der Waals surface area contributed by atoms with Crippen LogP contribution in [-0.2, 0) is 4.79 Å². The van der Waals surface area contributed by atoms with Gasteiger partial charge in [0.05, 0.1) is 5.56 Å². The molecule has 1 heterocycles. The van der Waals surface area contributed by atoms with E-state index in [4.69, 9.17) is 5.11 Å². The smallest absolute Gasteiger partial charge is 0.471 e. The second-order valence-corrected chi connectivity index (χ2v) is 4.75. The van der Waals surface area contributed by atoms with Gasteiger partial charge in [0.2, 0.25) is 0 Å². The first-order valence-electron chi connectivity index (χ1n) is 6.34. The molecule has 1 amide bonds. The van der Waals surface area contributed by atoms with E-state index < -0.39 is 29.4 Å². The SMILES string of the molecule is O=C(O)c1cc(N2CCN(C(=O)C(F)(F)F)CC2)ccc1F. The number of carbonyl (C=O) groups excluding carboxylic acids is 1. The van der Waals surface area contributed by atoms with Gasteiger partial charge in [-0.15, -0.1) is 0 Å². The Morgan fingerprint density at radius 3 is 2.18 bits per heavy atom. The van der Waals surface area contributed by atoms with E-state index >= 15 is 0 Å². The third kappa shape index (κ3) is 3.29. The molecule has 120 valence electrons. The van der Waals surface area contributed by atoms with E-state index in [2.05, 4.69) is 0 Å². The van der Waals surface area contributed by atoms with Crippen LogP contribution >= 0.6 is 0 Å². The van der Waals surface area contributed by atoms with Crippen LogP contribution in [0.1, 0.15) is 10.4 Å². The number of anilines is 1. The third-order valence-electron chi connectivity index (χ3n) is 3.35. The monoisotopic (exact) mass is 320 g/mol. The van der Waals surface area contributed by atoms with Gasteiger partial charge in [0, 0.05) is 31.9 Å². The van der Waals surface area contributed by atoms with Crippen LogP contribution in [-0.4, -0.2) is 54.2 Å². The summed E-state index contributed by atoms with van der Waals surface area (Å²) >= 11 is 0. The zero-order valence-electron chi connectivity index (χ0n) is 11.2. The molecule has 0 bridgehead atoms. The number of alkyl halides is 3. The van der Waals surface area contributed by atoms with Crippen molar-refractivity contribution in [2.75, 3.05) is 31.1 Å². The van der Waals surface area contributed by atoms with Crippen molar-refractivity contribution in [1.82, 2.24) is 4.90 Å². The number of carbonyl (C=O) groups is 2. The van der Waals surface area contributed by atoms with E-state index in [0.717, 1.165) is 12.1 Å². The van der Waals surface area contributed by atoms with Gasteiger partial charge < -0.3 is 14.9 Å². The summed E-state index contributed by atoms with van der Waals surface area (Å²) in [7, 11) is 0. The van der Waals surface area contributed by atoms with Crippen LogP contribution in [0.25, 0.3) is 0 Å². The lowest BCUT2D eigenvalue weighted by Gasteiger charge is -2.36. The molecule has 5 nitrogen and oxygen atoms in total. The number of amides is 1. The van der Waals surface area contributed by atoms with Crippen molar-refractivity contribution in [2.45, 2.75) is 6.18 Å². The maximum absolute atomic E-state index is 13.3. The van der Waals surface area contributed by atoms with E-state index in [9.17, 15) is 27.2 Å². The standard InChI is InChI=1S/C13H12F4N2O3/c14-10-2-1-8(7-9(10)11(20)21)18-3-5-19(6-4-18)12(22)13(15,16)17/h1-2,7H,3-6H2,(H,20,21). The molecule has 0 aliphatic carbocycles. The molecule has 22 heavy (non-hydrogen) atoms. The van der Waals surface area contributed by atoms with Gasteiger partial charge in [0.1, 0.15) is 5.82 Å². The zero-order chi connectivity index (χ0) is 16.5. The molecule has 1 saturated heterocycles. The summed E-state index contributed by atoms with van der Waals surface area (Å²) in [5.74, 6) is -4.20. The number of carboxylic acid groups (broad SMARTS) is 1. The van der Waals surface area contributed by atoms with Crippen molar-refractivity contribution < 1.29 is 32.3 Å². The molecular weight excluding hydrogens is 308 g/mol. The third-order valence-corrected chi connectivity index (χ3v) is 3.35. The van der Waals surface area contributed by atoms with Crippen LogP contribution in [0.15, 0.2) is 18.2 Å². The number of hydrogen-bond acceptors (Lipinski definition) is 3. The highest BCUT2D eigenvalue weighted by Crippen LogP contribution is 2.23. The van der Waals surface area contributed by atoms with E-state index in [1.54, 1.807) is 4.90 Å². The minimum Gasteiger partial charge on any atom is -0.478 e. The van der Waals surface area contributed by atoms with Gasteiger partial charge in [-0.3, -0.25) is 4.79 Å². The zero-order valence-corrected chi connectivity index (χ0v) is 11.2. The number of hydrogen-bond donors (Lipinski definition) is 1. The fraction of sp³-hybridized carbons (Fsp3) is 0.385. The largest absolute Gasteiger partial charge is 0.478 e. The van der Waals surface area contributed by atoms with Gasteiger partial charge >= 0.3 is 18.1 Å². The fourth-order valence-corrected chi connectivity index (χ4v) is 2.22. The van der Waals surface area contributed by atoms with Crippen LogP contribution in [0.3, 0.4) is 0 Å². The average molecular weight is 320 g/mol. The summed E-state index contributed by atoms with van der Waals surface area (Å²) in [4.78, 5) is 24.3. The summed E-state index contributed by atoms with van der Waals surface area (Å²) < 4.78 is 50.3. The molecule has 2 rings (SSSR count). The highest BCUT2D eigenvalue weighted by Gasteiger charge is 2.43. The van der Waals surface area contributed by atoms with Crippen molar-refractivity contribution >= 4 is 17.6 Å². The number of rotatable bonds is 2. The number of carboxylic acids is 1. The topological polar surface area (TPSA) is 60.9 Å². The fourth-order valence-electron chi connectivity index (χ4n) is 2.22. The van der Waals surface area contributed by atoms with Crippen molar-refractivity contribution in [3.05, 3.63) is 29.6 Å². The second-order valence-electron chi connectivity index (χ2n) is 4.75. The van der Waals surface area contributed by atoms with Crippen molar-refractivity contribution in [1.29, 1.82) is 0 Å². The van der Waals surface area contributed by atoms with Crippen molar-refractivity contribution in [3.63, 3.8) is 0 Å². The Balaban J connectivity index is 2.08. The average Bonchev–Trinajstić information content (AvgIpc) is 2.46. The lowest BCUT2D eigenvalue weighted by atomic mass is 10.1. The predicted octanol–water partition coefficient (Wildman–Crippen LogP) is 1.73. The highest BCUT2D eigenvalue weighted by atomic mass is 19.4. The van der Waals surface area contributed by atoms with Crippen LogP contribution < -0.4 is 4.90 Å². The Morgan fingerprint density at radius 1 is 1.09 bits per heavy atom. The molecule has 1 aliphatic rings. The molecule has 0 spiro atoms. The Hall–Kier alpha value is -2.32. The highest BCUT2D eigenvalue weighted by molar-refractivity contribution is 5.89. The molecular formula is C13H12F4N2O3. The predicted molar refractivity (Wildman–Crippen MR) is 68.2 cm³/mol. The lowest BCUT2D eigenvalue weighted by Crippen LogP contribution is -2.52. The first-order chi connectivity index (χ1) is 10.2. The normalized spacial score (nSPS) is 15.8. The minimum absolute atomic E-state index is 0.104. The van der Waals surface area contributed by atoms with Gasteiger partial charge in [0.25, 0.3) is 0 Å². The molecule has 1 fully saturated rings. The molecule has 9 heteroatoms. The summed E-state index contributed by atoms with van der Waals surface area (Å²) in [6.07, 6.45) is -4.91. The molecule has 1 N–H and O–H groups in total. The van der Waals surface area contributed by atoms with Gasteiger partial charge in [0.15, 0.2) is 0 Å². The van der Waals surface area contributed by atoms with E-state index in [1.165, 1.54) is 6.07 Å². The number of piperazine rings is 1. The molecule has 0 aromatic heterocycles. The molecule has 0 unspecified atom stereocenters. The Kier molecular flexibility index (Phi) is 4.25. The number of nitrogens with zero attached hydrogens (tertiary/aromatic N) is 2. The number of aromatic carboxylic acids is 1. The number of benzene rings is 1. The summed E-state index contributed by atoms with van der Waals surface area (Å²) in [6, 6.07) is 3.47. The molecule has 0 saturated carbocycles. The molecule has 0 atom stereocenters. The second kappa shape index (κ2) is 5.82. The van der Waals surface area contributed by atoms with Crippen molar-refractivity contribution in [2.24, 2.45) is 0 Å². The van der Waals surface area contributed by atoms with E-state index in [-0.39, 0.29) is 26.2 Å². The van der Waals surface area contributed by atoms with E-state index in [0.29, 0.717) is 10.6 Å². The Morgan fingerprint density at radius 2 is 1.68 bits per heavy atom. The molecule has 1 aromatic carbocycles. The minimum atomic E-state index is -4.91. The first kappa shape index (κ1) is 16.1. The van der Waals surface area contributed by atoms with Crippen LogP contribution in [0, 0.1) is 5.82 Å². The van der Waals surface area contributed by atoms with Crippen LogP contribution in [0.2, 0.25) is 0 Å². The molecule has 1 aromatic rings. The number of halogens is 4. The maximum atomic E-state index is 13.3.